The van der Waals surface area contributed by atoms with Crippen molar-refractivity contribution in [3.63, 3.8) is 0 Å². The molecule has 0 aliphatic rings. The highest BCUT2D eigenvalue weighted by Crippen LogP contribution is 2.30. The largest absolute Gasteiger partial charge is 0.464 e. The zero-order valence-corrected chi connectivity index (χ0v) is 14.2. The normalized spacial score (nSPS) is 10.4. The molecule has 0 aromatic carbocycles. The van der Waals surface area contributed by atoms with Gasteiger partial charge in [0.1, 0.15) is 5.03 Å². The lowest BCUT2D eigenvalue weighted by molar-refractivity contribution is 0.308. The van der Waals surface area contributed by atoms with Gasteiger partial charge in [-0.25, -0.2) is 4.98 Å². The summed E-state index contributed by atoms with van der Waals surface area (Å²) in [7, 11) is 0. The van der Waals surface area contributed by atoms with Gasteiger partial charge in [-0.15, -0.1) is 0 Å². The SMILES string of the molecule is CCCNc1nc(OCC)nc(Sc2ncccc2Br)n1. The Kier molecular flexibility index (Phi) is 6.19. The highest BCUT2D eigenvalue weighted by atomic mass is 79.9. The molecule has 0 radical (unpaired) electrons. The number of nitrogens with one attached hydrogen (secondary N) is 1. The second-order valence-electron chi connectivity index (χ2n) is 3.98. The van der Waals surface area contributed by atoms with Gasteiger partial charge in [0.25, 0.3) is 0 Å². The molecule has 0 bridgehead atoms. The van der Waals surface area contributed by atoms with Gasteiger partial charge in [-0.3, -0.25) is 0 Å². The number of pyridine rings is 1. The predicted molar refractivity (Wildman–Crippen MR) is 85.8 cm³/mol. The van der Waals surface area contributed by atoms with Crippen LogP contribution in [0.15, 0.2) is 33.0 Å². The Morgan fingerprint density at radius 3 is 2.86 bits per heavy atom. The van der Waals surface area contributed by atoms with Crippen LogP contribution >= 0.6 is 27.7 Å². The summed E-state index contributed by atoms with van der Waals surface area (Å²) in [5, 5.41) is 4.49. The third-order valence-electron chi connectivity index (χ3n) is 2.31. The molecule has 1 N–H and O–H groups in total. The molecular weight excluding hydrogens is 354 g/mol. The van der Waals surface area contributed by atoms with E-state index in [1.807, 2.05) is 19.1 Å². The van der Waals surface area contributed by atoms with Crippen molar-refractivity contribution in [2.45, 2.75) is 30.5 Å². The second kappa shape index (κ2) is 8.14. The molecule has 112 valence electrons. The van der Waals surface area contributed by atoms with Gasteiger partial charge in [0.05, 0.1) is 11.1 Å². The number of rotatable bonds is 7. The van der Waals surface area contributed by atoms with E-state index in [2.05, 4.69) is 48.1 Å². The maximum atomic E-state index is 5.39. The van der Waals surface area contributed by atoms with E-state index in [9.17, 15) is 0 Å². The van der Waals surface area contributed by atoms with E-state index in [0.717, 1.165) is 22.5 Å². The predicted octanol–water partition coefficient (Wildman–Crippen LogP) is 3.40. The van der Waals surface area contributed by atoms with Crippen LogP contribution in [0.3, 0.4) is 0 Å². The summed E-state index contributed by atoms with van der Waals surface area (Å²) in [6.07, 6.45) is 2.72. The van der Waals surface area contributed by atoms with Crippen LogP contribution in [-0.2, 0) is 0 Å². The summed E-state index contributed by atoms with van der Waals surface area (Å²) < 4.78 is 6.29. The summed E-state index contributed by atoms with van der Waals surface area (Å²) in [5.74, 6) is 0.518. The summed E-state index contributed by atoms with van der Waals surface area (Å²) in [6, 6.07) is 4.11. The first-order valence-corrected chi connectivity index (χ1v) is 8.25. The Hall–Kier alpha value is -1.41. The first-order valence-electron chi connectivity index (χ1n) is 6.64. The molecular formula is C13H16BrN5OS. The van der Waals surface area contributed by atoms with E-state index >= 15 is 0 Å². The van der Waals surface area contributed by atoms with Gasteiger partial charge in [0, 0.05) is 12.7 Å². The van der Waals surface area contributed by atoms with Gasteiger partial charge in [0.15, 0.2) is 0 Å². The van der Waals surface area contributed by atoms with E-state index < -0.39 is 0 Å². The topological polar surface area (TPSA) is 72.8 Å². The van der Waals surface area contributed by atoms with E-state index in [-0.39, 0.29) is 0 Å². The lowest BCUT2D eigenvalue weighted by Gasteiger charge is -2.08. The Morgan fingerprint density at radius 1 is 1.29 bits per heavy atom. The summed E-state index contributed by atoms with van der Waals surface area (Å²) in [6.45, 7) is 5.28. The fourth-order valence-corrected chi connectivity index (χ4v) is 2.63. The van der Waals surface area contributed by atoms with Gasteiger partial charge in [-0.05, 0) is 53.2 Å². The van der Waals surface area contributed by atoms with Crippen molar-refractivity contribution in [3.05, 3.63) is 22.8 Å². The zero-order valence-electron chi connectivity index (χ0n) is 11.8. The molecule has 0 unspecified atom stereocenters. The molecule has 0 spiro atoms. The highest BCUT2D eigenvalue weighted by Gasteiger charge is 2.11. The monoisotopic (exact) mass is 369 g/mol. The quantitative estimate of drug-likeness (QED) is 0.801. The molecule has 0 atom stereocenters. The lowest BCUT2D eigenvalue weighted by atomic mass is 10.5. The zero-order chi connectivity index (χ0) is 15.1. The number of aromatic nitrogens is 4. The van der Waals surface area contributed by atoms with Crippen LogP contribution < -0.4 is 10.1 Å². The number of hydrogen-bond acceptors (Lipinski definition) is 7. The minimum Gasteiger partial charge on any atom is -0.464 e. The van der Waals surface area contributed by atoms with Crippen LogP contribution in [0, 0.1) is 0 Å². The van der Waals surface area contributed by atoms with Crippen molar-refractivity contribution in [2.75, 3.05) is 18.5 Å². The minimum absolute atomic E-state index is 0.320. The number of nitrogens with zero attached hydrogens (tertiary/aromatic N) is 4. The molecule has 0 aliphatic carbocycles. The summed E-state index contributed by atoms with van der Waals surface area (Å²) in [4.78, 5) is 17.2. The molecule has 2 rings (SSSR count). The van der Waals surface area contributed by atoms with E-state index in [1.165, 1.54) is 11.8 Å². The average Bonchev–Trinajstić information content (AvgIpc) is 2.48. The van der Waals surface area contributed by atoms with Crippen LogP contribution in [-0.4, -0.2) is 33.1 Å². The molecule has 2 aromatic heterocycles. The molecule has 21 heavy (non-hydrogen) atoms. The minimum atomic E-state index is 0.320. The Morgan fingerprint density at radius 2 is 2.14 bits per heavy atom. The maximum Gasteiger partial charge on any atom is 0.322 e. The maximum absolute atomic E-state index is 5.39. The number of ether oxygens (including phenoxy) is 1. The van der Waals surface area contributed by atoms with Crippen LogP contribution in [0.25, 0.3) is 0 Å². The molecule has 6 nitrogen and oxygen atoms in total. The number of anilines is 1. The molecule has 2 heterocycles. The Labute approximate surface area is 136 Å². The lowest BCUT2D eigenvalue weighted by Crippen LogP contribution is -2.08. The molecule has 0 fully saturated rings. The van der Waals surface area contributed by atoms with Crippen molar-refractivity contribution >= 4 is 33.6 Å². The molecule has 8 heteroatoms. The van der Waals surface area contributed by atoms with Crippen molar-refractivity contribution in [1.82, 2.24) is 19.9 Å². The van der Waals surface area contributed by atoms with Crippen LogP contribution in [0.1, 0.15) is 20.3 Å². The van der Waals surface area contributed by atoms with Crippen molar-refractivity contribution in [1.29, 1.82) is 0 Å². The second-order valence-corrected chi connectivity index (χ2v) is 5.79. The highest BCUT2D eigenvalue weighted by molar-refractivity contribution is 9.10. The standard InChI is InChI=1S/C13H16BrN5OS/c1-3-7-16-11-17-12(20-4-2)19-13(18-11)21-10-9(14)6-5-8-15-10/h5-6,8H,3-4,7H2,1-2H3,(H,16,17,18,19). The number of halogens is 1. The molecule has 0 aliphatic heterocycles. The van der Waals surface area contributed by atoms with Crippen molar-refractivity contribution in [3.8, 4) is 6.01 Å². The van der Waals surface area contributed by atoms with Crippen LogP contribution in [0.5, 0.6) is 6.01 Å². The fourth-order valence-electron chi connectivity index (χ4n) is 1.43. The Balaban J connectivity index is 2.24. The van der Waals surface area contributed by atoms with E-state index in [0.29, 0.717) is 23.7 Å². The molecule has 2 aromatic rings. The van der Waals surface area contributed by atoms with Crippen molar-refractivity contribution in [2.24, 2.45) is 0 Å². The average molecular weight is 370 g/mol. The van der Waals surface area contributed by atoms with Crippen LogP contribution in [0.2, 0.25) is 0 Å². The van der Waals surface area contributed by atoms with Gasteiger partial charge >= 0.3 is 6.01 Å². The molecule has 0 amide bonds. The summed E-state index contributed by atoms with van der Waals surface area (Å²) in [5.41, 5.74) is 0. The molecule has 0 saturated carbocycles. The van der Waals surface area contributed by atoms with E-state index in [1.54, 1.807) is 6.20 Å². The smallest absolute Gasteiger partial charge is 0.322 e. The van der Waals surface area contributed by atoms with E-state index in [4.69, 9.17) is 4.74 Å². The first-order chi connectivity index (χ1) is 10.2. The third-order valence-corrected chi connectivity index (χ3v) is 4.10. The van der Waals surface area contributed by atoms with Gasteiger partial charge < -0.3 is 10.1 Å². The van der Waals surface area contributed by atoms with Crippen LogP contribution in [0.4, 0.5) is 5.95 Å². The fraction of sp³-hybridized carbons (Fsp3) is 0.385. The summed E-state index contributed by atoms with van der Waals surface area (Å²) >= 11 is 4.82. The van der Waals surface area contributed by atoms with Crippen molar-refractivity contribution < 1.29 is 4.74 Å². The Bertz CT molecular complexity index is 599. The first kappa shape index (κ1) is 16.0. The van der Waals surface area contributed by atoms with Gasteiger partial charge in [0.2, 0.25) is 11.1 Å². The van der Waals surface area contributed by atoms with Gasteiger partial charge in [-0.2, -0.15) is 15.0 Å². The van der Waals surface area contributed by atoms with Gasteiger partial charge in [-0.1, -0.05) is 6.92 Å². The number of hydrogen-bond donors (Lipinski definition) is 1. The molecule has 0 saturated heterocycles. The third kappa shape index (κ3) is 4.82.